The van der Waals surface area contributed by atoms with E-state index in [2.05, 4.69) is 11.9 Å². The Morgan fingerprint density at radius 3 is 2.95 bits per heavy atom. The summed E-state index contributed by atoms with van der Waals surface area (Å²) in [5, 5.41) is 0.722. The Bertz CT molecular complexity index is 524. The van der Waals surface area contributed by atoms with Crippen molar-refractivity contribution < 1.29 is 9.53 Å². The van der Waals surface area contributed by atoms with Crippen molar-refractivity contribution >= 4 is 17.5 Å². The summed E-state index contributed by atoms with van der Waals surface area (Å²) in [5.41, 5.74) is 7.65. The lowest BCUT2D eigenvalue weighted by Gasteiger charge is -2.33. The van der Waals surface area contributed by atoms with Crippen LogP contribution in [0.5, 0.6) is 0 Å². The van der Waals surface area contributed by atoms with Crippen molar-refractivity contribution in [3.05, 3.63) is 34.3 Å². The standard InChI is InChI=1S/C16H24ClN3O2/c1-12-7-14(17)4-3-13(12)8-20(11-16(18)21)10-15-9-19(2)5-6-22-15/h3-4,7,15H,5-6,8-11H2,1-2H3,(H2,18,21). The van der Waals surface area contributed by atoms with E-state index in [-0.39, 0.29) is 18.6 Å². The molecule has 122 valence electrons. The normalized spacial score (nSPS) is 19.5. The molecule has 6 heteroatoms. The number of morpholine rings is 1. The zero-order valence-corrected chi connectivity index (χ0v) is 14.0. The van der Waals surface area contributed by atoms with Gasteiger partial charge in [-0.1, -0.05) is 17.7 Å². The number of primary amides is 1. The number of benzene rings is 1. The summed E-state index contributed by atoms with van der Waals surface area (Å²) in [6.07, 6.45) is 0.103. The molecule has 2 rings (SSSR count). The number of amides is 1. The van der Waals surface area contributed by atoms with Gasteiger partial charge in [0.05, 0.1) is 19.3 Å². The van der Waals surface area contributed by atoms with Crippen molar-refractivity contribution in [2.75, 3.05) is 39.8 Å². The van der Waals surface area contributed by atoms with Gasteiger partial charge in [0, 0.05) is 31.2 Å². The van der Waals surface area contributed by atoms with Crippen molar-refractivity contribution in [2.24, 2.45) is 5.73 Å². The van der Waals surface area contributed by atoms with E-state index in [1.165, 1.54) is 0 Å². The van der Waals surface area contributed by atoms with Crippen LogP contribution in [0.15, 0.2) is 18.2 Å². The van der Waals surface area contributed by atoms with Gasteiger partial charge in [-0.25, -0.2) is 0 Å². The monoisotopic (exact) mass is 325 g/mol. The Hall–Kier alpha value is -1.14. The average Bonchev–Trinajstić information content (AvgIpc) is 2.41. The topological polar surface area (TPSA) is 58.8 Å². The fourth-order valence-corrected chi connectivity index (χ4v) is 2.97. The maximum atomic E-state index is 11.4. The van der Waals surface area contributed by atoms with Gasteiger partial charge >= 0.3 is 0 Å². The number of hydrogen-bond donors (Lipinski definition) is 1. The minimum absolute atomic E-state index is 0.103. The molecule has 1 aromatic carbocycles. The minimum Gasteiger partial charge on any atom is -0.374 e. The summed E-state index contributed by atoms with van der Waals surface area (Å²) in [5.74, 6) is -0.323. The molecule has 0 bridgehead atoms. The summed E-state index contributed by atoms with van der Waals surface area (Å²) < 4.78 is 5.79. The Morgan fingerprint density at radius 2 is 2.32 bits per heavy atom. The number of rotatable bonds is 6. The third-order valence-electron chi connectivity index (χ3n) is 3.88. The van der Waals surface area contributed by atoms with Crippen molar-refractivity contribution in [3.63, 3.8) is 0 Å². The third-order valence-corrected chi connectivity index (χ3v) is 4.12. The zero-order valence-electron chi connectivity index (χ0n) is 13.2. The molecule has 0 saturated carbocycles. The van der Waals surface area contributed by atoms with E-state index in [9.17, 15) is 4.79 Å². The summed E-state index contributed by atoms with van der Waals surface area (Å²) in [4.78, 5) is 15.6. The van der Waals surface area contributed by atoms with Crippen LogP contribution < -0.4 is 5.73 Å². The molecule has 1 aliphatic heterocycles. The van der Waals surface area contributed by atoms with Crippen LogP contribution in [-0.2, 0) is 16.1 Å². The number of aryl methyl sites for hydroxylation is 1. The van der Waals surface area contributed by atoms with Crippen LogP contribution in [-0.4, -0.2) is 61.6 Å². The number of carbonyl (C=O) groups excluding carboxylic acids is 1. The summed E-state index contributed by atoms with van der Waals surface area (Å²) >= 11 is 6.00. The molecule has 5 nitrogen and oxygen atoms in total. The Balaban J connectivity index is 2.03. The molecule has 1 heterocycles. The molecular formula is C16H24ClN3O2. The maximum Gasteiger partial charge on any atom is 0.231 e. The molecule has 1 saturated heterocycles. The van der Waals surface area contributed by atoms with Crippen LogP contribution in [0.2, 0.25) is 5.02 Å². The van der Waals surface area contributed by atoms with Gasteiger partial charge in [0.25, 0.3) is 0 Å². The van der Waals surface area contributed by atoms with Crippen LogP contribution in [0.4, 0.5) is 0 Å². The number of carbonyl (C=O) groups is 1. The average molecular weight is 326 g/mol. The molecular weight excluding hydrogens is 302 g/mol. The smallest absolute Gasteiger partial charge is 0.231 e. The third kappa shape index (κ3) is 5.25. The van der Waals surface area contributed by atoms with Gasteiger partial charge in [-0.3, -0.25) is 9.69 Å². The molecule has 1 amide bonds. The Labute approximate surface area is 137 Å². The molecule has 0 aromatic heterocycles. The summed E-state index contributed by atoms with van der Waals surface area (Å²) in [6, 6.07) is 5.81. The predicted octanol–water partition coefficient (Wildman–Crippen LogP) is 1.27. The van der Waals surface area contributed by atoms with E-state index in [4.69, 9.17) is 22.1 Å². The van der Waals surface area contributed by atoms with E-state index >= 15 is 0 Å². The minimum atomic E-state index is -0.323. The van der Waals surface area contributed by atoms with E-state index in [0.29, 0.717) is 13.1 Å². The van der Waals surface area contributed by atoms with Crippen LogP contribution >= 0.6 is 11.6 Å². The molecule has 22 heavy (non-hydrogen) atoms. The van der Waals surface area contributed by atoms with Crippen LogP contribution in [0.1, 0.15) is 11.1 Å². The molecule has 1 fully saturated rings. The van der Waals surface area contributed by atoms with Crippen molar-refractivity contribution in [1.29, 1.82) is 0 Å². The molecule has 1 aliphatic rings. The quantitative estimate of drug-likeness (QED) is 0.855. The summed E-state index contributed by atoms with van der Waals surface area (Å²) in [7, 11) is 2.08. The van der Waals surface area contributed by atoms with Crippen molar-refractivity contribution in [3.8, 4) is 0 Å². The molecule has 0 radical (unpaired) electrons. The highest BCUT2D eigenvalue weighted by Gasteiger charge is 2.22. The lowest BCUT2D eigenvalue weighted by molar-refractivity contribution is -0.120. The highest BCUT2D eigenvalue weighted by Crippen LogP contribution is 2.17. The zero-order chi connectivity index (χ0) is 16.1. The summed E-state index contributed by atoms with van der Waals surface area (Å²) in [6.45, 7) is 6.15. The first-order valence-corrected chi connectivity index (χ1v) is 7.87. The van der Waals surface area contributed by atoms with Gasteiger partial charge in [-0.05, 0) is 37.2 Å². The van der Waals surface area contributed by atoms with Crippen molar-refractivity contribution in [1.82, 2.24) is 9.80 Å². The van der Waals surface area contributed by atoms with E-state index < -0.39 is 0 Å². The lowest BCUT2D eigenvalue weighted by atomic mass is 10.1. The first-order valence-electron chi connectivity index (χ1n) is 7.50. The van der Waals surface area contributed by atoms with Crippen LogP contribution in [0.25, 0.3) is 0 Å². The molecule has 2 N–H and O–H groups in total. The number of ether oxygens (including phenoxy) is 1. The Kier molecular flexibility index (Phi) is 6.20. The predicted molar refractivity (Wildman–Crippen MR) is 87.9 cm³/mol. The first-order chi connectivity index (χ1) is 10.4. The van der Waals surface area contributed by atoms with E-state index in [0.717, 1.165) is 35.8 Å². The van der Waals surface area contributed by atoms with Gasteiger partial charge in [0.2, 0.25) is 5.91 Å². The molecule has 1 aromatic rings. The second-order valence-corrected chi connectivity index (χ2v) is 6.40. The van der Waals surface area contributed by atoms with Crippen molar-refractivity contribution in [2.45, 2.75) is 19.6 Å². The molecule has 1 unspecified atom stereocenters. The second kappa shape index (κ2) is 7.92. The molecule has 1 atom stereocenters. The van der Waals surface area contributed by atoms with E-state index in [1.807, 2.05) is 30.0 Å². The highest BCUT2D eigenvalue weighted by atomic mass is 35.5. The highest BCUT2D eigenvalue weighted by molar-refractivity contribution is 6.30. The van der Waals surface area contributed by atoms with Crippen LogP contribution in [0, 0.1) is 6.92 Å². The van der Waals surface area contributed by atoms with Gasteiger partial charge in [-0.15, -0.1) is 0 Å². The molecule has 0 spiro atoms. The Morgan fingerprint density at radius 1 is 1.55 bits per heavy atom. The van der Waals surface area contributed by atoms with Gasteiger partial charge in [0.15, 0.2) is 0 Å². The fraction of sp³-hybridized carbons (Fsp3) is 0.562. The number of nitrogens with zero attached hydrogens (tertiary/aromatic N) is 2. The largest absolute Gasteiger partial charge is 0.374 e. The second-order valence-electron chi connectivity index (χ2n) is 5.96. The lowest BCUT2D eigenvalue weighted by Crippen LogP contribution is -2.47. The molecule has 0 aliphatic carbocycles. The van der Waals surface area contributed by atoms with Gasteiger partial charge in [0.1, 0.15) is 0 Å². The SMILES string of the molecule is Cc1cc(Cl)ccc1CN(CC(N)=O)CC1CN(C)CCO1. The fourth-order valence-electron chi connectivity index (χ4n) is 2.75. The van der Waals surface area contributed by atoms with Gasteiger partial charge < -0.3 is 15.4 Å². The number of nitrogens with two attached hydrogens (primary N) is 1. The number of likely N-dealkylation sites (N-methyl/N-ethyl adjacent to an activating group) is 1. The number of halogens is 1. The maximum absolute atomic E-state index is 11.4. The van der Waals surface area contributed by atoms with E-state index in [1.54, 1.807) is 0 Å². The number of hydrogen-bond acceptors (Lipinski definition) is 4. The first kappa shape index (κ1) is 17.2. The van der Waals surface area contributed by atoms with Crippen LogP contribution in [0.3, 0.4) is 0 Å². The van der Waals surface area contributed by atoms with Gasteiger partial charge in [-0.2, -0.15) is 0 Å².